The highest BCUT2D eigenvalue weighted by molar-refractivity contribution is 6.34. The van der Waals surface area contributed by atoms with E-state index in [1.165, 1.54) is 0 Å². The van der Waals surface area contributed by atoms with Crippen molar-refractivity contribution in [2.45, 2.75) is 26.9 Å². The number of likely N-dealkylation sites (N-methyl/N-ethyl adjacent to an activating group) is 1. The van der Waals surface area contributed by atoms with Gasteiger partial charge in [0.25, 0.3) is 5.91 Å². The van der Waals surface area contributed by atoms with E-state index in [0.29, 0.717) is 23.8 Å². The van der Waals surface area contributed by atoms with Gasteiger partial charge in [-0.25, -0.2) is 0 Å². The third-order valence-corrected chi connectivity index (χ3v) is 4.64. The Morgan fingerprint density at radius 3 is 2.45 bits per heavy atom. The second kappa shape index (κ2) is 7.44. The highest BCUT2D eigenvalue weighted by atomic mass is 35.5. The Balaban J connectivity index is 2.22. The number of hydrogen-bond donors (Lipinski definition) is 0. The maximum atomic E-state index is 12.7. The fourth-order valence-corrected chi connectivity index (χ4v) is 2.83. The van der Waals surface area contributed by atoms with Gasteiger partial charge in [0.2, 0.25) is 0 Å². The summed E-state index contributed by atoms with van der Waals surface area (Å²) in [6, 6.07) is 0. The van der Waals surface area contributed by atoms with Crippen LogP contribution in [0.2, 0.25) is 5.02 Å². The van der Waals surface area contributed by atoms with Crippen molar-refractivity contribution in [2.75, 3.05) is 46.8 Å². The number of amides is 1. The molecule has 2 heterocycles. The van der Waals surface area contributed by atoms with Crippen molar-refractivity contribution in [3.05, 3.63) is 16.4 Å². The third-order valence-electron chi connectivity index (χ3n) is 4.25. The van der Waals surface area contributed by atoms with Crippen LogP contribution in [0.3, 0.4) is 0 Å². The van der Waals surface area contributed by atoms with Crippen LogP contribution in [0.4, 0.5) is 0 Å². The number of nitrogens with zero attached hydrogens (tertiary/aromatic N) is 5. The van der Waals surface area contributed by atoms with E-state index >= 15 is 0 Å². The van der Waals surface area contributed by atoms with Crippen LogP contribution >= 0.6 is 11.6 Å². The second-order valence-corrected chi connectivity index (χ2v) is 6.23. The predicted molar refractivity (Wildman–Crippen MR) is 88.3 cm³/mol. The van der Waals surface area contributed by atoms with Crippen molar-refractivity contribution in [2.24, 2.45) is 0 Å². The Hall–Kier alpha value is -1.11. The molecule has 0 aromatic carbocycles. The molecule has 0 radical (unpaired) electrons. The summed E-state index contributed by atoms with van der Waals surface area (Å²) in [5, 5.41) is 4.97. The number of halogens is 1. The summed E-state index contributed by atoms with van der Waals surface area (Å²) in [5.41, 5.74) is 1.32. The van der Waals surface area contributed by atoms with Gasteiger partial charge in [0.1, 0.15) is 0 Å². The molecule has 22 heavy (non-hydrogen) atoms. The average Bonchev–Trinajstić information content (AvgIpc) is 2.83. The summed E-state index contributed by atoms with van der Waals surface area (Å²) in [7, 11) is 4.10. The average molecular weight is 328 g/mol. The number of carbonyl (C=O) groups excluding carboxylic acids is 1. The fourth-order valence-electron chi connectivity index (χ4n) is 2.55. The Kier molecular flexibility index (Phi) is 5.83. The highest BCUT2D eigenvalue weighted by Crippen LogP contribution is 2.24. The van der Waals surface area contributed by atoms with Gasteiger partial charge in [0.05, 0.1) is 10.7 Å². The molecule has 1 saturated heterocycles. The van der Waals surface area contributed by atoms with Crippen molar-refractivity contribution in [3.8, 4) is 0 Å². The van der Waals surface area contributed by atoms with E-state index in [1.807, 2.05) is 23.6 Å². The van der Waals surface area contributed by atoms with Crippen LogP contribution in [-0.4, -0.2) is 77.2 Å². The molecule has 0 aliphatic carbocycles. The van der Waals surface area contributed by atoms with Crippen LogP contribution in [0, 0.1) is 0 Å². The Bertz CT molecular complexity index is 522. The molecule has 0 bridgehead atoms. The molecule has 0 saturated carbocycles. The van der Waals surface area contributed by atoms with E-state index in [-0.39, 0.29) is 5.91 Å². The maximum absolute atomic E-state index is 12.7. The zero-order valence-corrected chi connectivity index (χ0v) is 14.7. The molecule has 1 aromatic rings. The minimum atomic E-state index is -0.0503. The van der Waals surface area contributed by atoms with Crippen LogP contribution in [0.5, 0.6) is 0 Å². The third kappa shape index (κ3) is 3.62. The lowest BCUT2D eigenvalue weighted by Crippen LogP contribution is -2.47. The summed E-state index contributed by atoms with van der Waals surface area (Å²) in [4.78, 5) is 18.9. The molecule has 0 spiro atoms. The number of aryl methyl sites for hydroxylation is 1. The summed E-state index contributed by atoms with van der Waals surface area (Å²) < 4.78 is 1.85. The minimum absolute atomic E-state index is 0.0503. The summed E-state index contributed by atoms with van der Waals surface area (Å²) in [6.07, 6.45) is 0. The molecule has 1 aliphatic rings. The standard InChI is InChI=1S/C15H26ClN5O/c1-5-18(3)11-12-13(16)14(17-21(12)6-2)15(22)20-9-7-19(4)8-10-20/h5-11H2,1-4H3. The van der Waals surface area contributed by atoms with E-state index in [9.17, 15) is 4.79 Å². The molecule has 2 rings (SSSR count). The predicted octanol–water partition coefficient (Wildman–Crippen LogP) is 1.40. The lowest BCUT2D eigenvalue weighted by Gasteiger charge is -2.31. The van der Waals surface area contributed by atoms with Gasteiger partial charge < -0.3 is 14.7 Å². The molecule has 0 atom stereocenters. The molecule has 1 aromatic heterocycles. The van der Waals surface area contributed by atoms with Crippen LogP contribution in [-0.2, 0) is 13.1 Å². The van der Waals surface area contributed by atoms with Gasteiger partial charge in [0.15, 0.2) is 5.69 Å². The lowest BCUT2D eigenvalue weighted by atomic mass is 10.2. The van der Waals surface area contributed by atoms with Crippen molar-refractivity contribution < 1.29 is 4.79 Å². The Morgan fingerprint density at radius 2 is 1.91 bits per heavy atom. The topological polar surface area (TPSA) is 44.6 Å². The normalized spacial score (nSPS) is 16.5. The van der Waals surface area contributed by atoms with Gasteiger partial charge in [-0.3, -0.25) is 9.48 Å². The zero-order chi connectivity index (χ0) is 16.3. The molecule has 1 aliphatic heterocycles. The van der Waals surface area contributed by atoms with E-state index in [4.69, 9.17) is 11.6 Å². The Labute approximate surface area is 137 Å². The van der Waals surface area contributed by atoms with E-state index in [1.54, 1.807) is 0 Å². The molecule has 1 fully saturated rings. The quantitative estimate of drug-likeness (QED) is 0.820. The van der Waals surface area contributed by atoms with Gasteiger partial charge in [-0.15, -0.1) is 0 Å². The molecule has 6 nitrogen and oxygen atoms in total. The van der Waals surface area contributed by atoms with Crippen LogP contribution in [0.15, 0.2) is 0 Å². The molecule has 1 amide bonds. The molecular formula is C15H26ClN5O. The van der Waals surface area contributed by atoms with Crippen molar-refractivity contribution in [3.63, 3.8) is 0 Å². The molecule has 7 heteroatoms. The SMILES string of the molecule is CCN(C)Cc1c(Cl)c(C(=O)N2CCN(C)CC2)nn1CC. The van der Waals surface area contributed by atoms with Gasteiger partial charge in [-0.2, -0.15) is 5.10 Å². The molecule has 0 N–H and O–H groups in total. The first-order chi connectivity index (χ1) is 10.5. The highest BCUT2D eigenvalue weighted by Gasteiger charge is 2.27. The lowest BCUT2D eigenvalue weighted by molar-refractivity contribution is 0.0657. The van der Waals surface area contributed by atoms with E-state index < -0.39 is 0 Å². The van der Waals surface area contributed by atoms with Gasteiger partial charge in [-0.05, 0) is 27.6 Å². The van der Waals surface area contributed by atoms with Crippen LogP contribution < -0.4 is 0 Å². The van der Waals surface area contributed by atoms with E-state index in [0.717, 1.165) is 38.4 Å². The molecule has 124 valence electrons. The van der Waals surface area contributed by atoms with Crippen molar-refractivity contribution >= 4 is 17.5 Å². The zero-order valence-electron chi connectivity index (χ0n) is 14.0. The summed E-state index contributed by atoms with van der Waals surface area (Å²) in [5.74, 6) is -0.0503. The molecule has 0 unspecified atom stereocenters. The van der Waals surface area contributed by atoms with E-state index in [2.05, 4.69) is 28.9 Å². The first-order valence-electron chi connectivity index (χ1n) is 7.89. The first-order valence-corrected chi connectivity index (χ1v) is 8.27. The monoisotopic (exact) mass is 327 g/mol. The van der Waals surface area contributed by atoms with Crippen LogP contribution in [0.25, 0.3) is 0 Å². The second-order valence-electron chi connectivity index (χ2n) is 5.85. The Morgan fingerprint density at radius 1 is 1.27 bits per heavy atom. The minimum Gasteiger partial charge on any atom is -0.335 e. The number of piperazine rings is 1. The largest absolute Gasteiger partial charge is 0.335 e. The maximum Gasteiger partial charge on any atom is 0.276 e. The van der Waals surface area contributed by atoms with Gasteiger partial charge in [0, 0.05) is 39.3 Å². The first kappa shape index (κ1) is 17.2. The van der Waals surface area contributed by atoms with Crippen LogP contribution in [0.1, 0.15) is 30.0 Å². The number of hydrogen-bond acceptors (Lipinski definition) is 4. The van der Waals surface area contributed by atoms with Gasteiger partial charge in [-0.1, -0.05) is 18.5 Å². The number of carbonyl (C=O) groups is 1. The van der Waals surface area contributed by atoms with Crippen molar-refractivity contribution in [1.82, 2.24) is 24.5 Å². The summed E-state index contributed by atoms with van der Waals surface area (Å²) >= 11 is 6.48. The van der Waals surface area contributed by atoms with Crippen molar-refractivity contribution in [1.29, 1.82) is 0 Å². The number of rotatable bonds is 5. The summed E-state index contributed by atoms with van der Waals surface area (Å²) in [6.45, 7) is 9.69. The molecular weight excluding hydrogens is 302 g/mol. The van der Waals surface area contributed by atoms with Gasteiger partial charge >= 0.3 is 0 Å². The number of aromatic nitrogens is 2. The fraction of sp³-hybridized carbons (Fsp3) is 0.733. The smallest absolute Gasteiger partial charge is 0.276 e.